The minimum atomic E-state index is -0.153. The molecule has 3 rings (SSSR count). The number of benzene rings is 1. The van der Waals surface area contributed by atoms with Crippen molar-refractivity contribution in [3.63, 3.8) is 0 Å². The lowest BCUT2D eigenvalue weighted by atomic mass is 10.2. The van der Waals surface area contributed by atoms with Crippen LogP contribution in [0.4, 0.5) is 5.69 Å². The highest BCUT2D eigenvalue weighted by Crippen LogP contribution is 2.24. The molecule has 0 aliphatic rings. The maximum Gasteiger partial charge on any atom is 0.247 e. The van der Waals surface area contributed by atoms with Gasteiger partial charge in [-0.1, -0.05) is 0 Å². The van der Waals surface area contributed by atoms with Crippen LogP contribution >= 0.6 is 0 Å². The van der Waals surface area contributed by atoms with Gasteiger partial charge in [0.2, 0.25) is 17.7 Å². The highest BCUT2D eigenvalue weighted by molar-refractivity contribution is 5.54. The molecule has 1 N–H and O–H groups in total. The van der Waals surface area contributed by atoms with Gasteiger partial charge in [0.15, 0.2) is 0 Å². The Labute approximate surface area is 139 Å². The highest BCUT2D eigenvalue weighted by atomic mass is 16.5. The molecule has 0 saturated carbocycles. The molecule has 0 saturated heterocycles. The van der Waals surface area contributed by atoms with Crippen LogP contribution in [0.5, 0.6) is 11.6 Å². The molecule has 0 amide bonds. The minimum absolute atomic E-state index is 0.153. The van der Waals surface area contributed by atoms with E-state index < -0.39 is 0 Å². The zero-order chi connectivity index (χ0) is 16.9. The number of nitrogens with one attached hydrogen (secondary N) is 1. The molecule has 1 aromatic carbocycles. The first kappa shape index (κ1) is 15.8. The molecule has 0 spiro atoms. The van der Waals surface area contributed by atoms with Crippen molar-refractivity contribution < 1.29 is 13.9 Å². The summed E-state index contributed by atoms with van der Waals surface area (Å²) in [7, 11) is 3.21. The number of aromatic nitrogens is 3. The summed E-state index contributed by atoms with van der Waals surface area (Å²) in [5, 5.41) is 11.5. The second kappa shape index (κ2) is 6.99. The number of ether oxygens (including phenoxy) is 2. The molecular formula is C17H18N4O3. The minimum Gasteiger partial charge on any atom is -0.497 e. The summed E-state index contributed by atoms with van der Waals surface area (Å²) >= 11 is 0. The van der Waals surface area contributed by atoms with E-state index in [0.29, 0.717) is 17.7 Å². The SMILES string of the molecule is COc1ccc(-c2nnc(C(C)Nc3ccc(OC)nc3)o2)cc1. The fourth-order valence-electron chi connectivity index (χ4n) is 2.16. The summed E-state index contributed by atoms with van der Waals surface area (Å²) in [5.74, 6) is 2.30. The second-order valence-corrected chi connectivity index (χ2v) is 5.13. The maximum absolute atomic E-state index is 5.75. The monoisotopic (exact) mass is 326 g/mol. The van der Waals surface area contributed by atoms with Gasteiger partial charge in [-0.05, 0) is 37.3 Å². The normalized spacial score (nSPS) is 11.8. The average molecular weight is 326 g/mol. The molecule has 1 unspecified atom stereocenters. The predicted molar refractivity (Wildman–Crippen MR) is 89.1 cm³/mol. The molecule has 7 nitrogen and oxygen atoms in total. The Morgan fingerprint density at radius 1 is 1.00 bits per heavy atom. The molecule has 0 radical (unpaired) electrons. The van der Waals surface area contributed by atoms with E-state index >= 15 is 0 Å². The van der Waals surface area contributed by atoms with E-state index in [0.717, 1.165) is 17.0 Å². The van der Waals surface area contributed by atoms with Crippen molar-refractivity contribution in [3.8, 4) is 23.1 Å². The standard InChI is InChI=1S/C17H18N4O3/c1-11(19-13-6-9-15(23-3)18-10-13)16-20-21-17(24-16)12-4-7-14(22-2)8-5-12/h4-11,19H,1-3H3. The summed E-state index contributed by atoms with van der Waals surface area (Å²) in [6, 6.07) is 11.0. The molecule has 0 aliphatic heterocycles. The summed E-state index contributed by atoms with van der Waals surface area (Å²) in [4.78, 5) is 4.15. The van der Waals surface area contributed by atoms with Crippen LogP contribution in [0.3, 0.4) is 0 Å². The van der Waals surface area contributed by atoms with Gasteiger partial charge < -0.3 is 19.2 Å². The van der Waals surface area contributed by atoms with Crippen LogP contribution < -0.4 is 14.8 Å². The van der Waals surface area contributed by atoms with Crippen molar-refractivity contribution in [3.05, 3.63) is 48.5 Å². The van der Waals surface area contributed by atoms with E-state index in [9.17, 15) is 0 Å². The van der Waals surface area contributed by atoms with Crippen molar-refractivity contribution in [2.24, 2.45) is 0 Å². The molecule has 124 valence electrons. The topological polar surface area (TPSA) is 82.3 Å². The molecular weight excluding hydrogens is 308 g/mol. The Kier molecular flexibility index (Phi) is 4.60. The van der Waals surface area contributed by atoms with Crippen LogP contribution in [0, 0.1) is 0 Å². The molecule has 0 fully saturated rings. The smallest absolute Gasteiger partial charge is 0.247 e. The number of anilines is 1. The third kappa shape index (κ3) is 3.45. The number of hydrogen-bond acceptors (Lipinski definition) is 7. The highest BCUT2D eigenvalue weighted by Gasteiger charge is 2.15. The summed E-state index contributed by atoms with van der Waals surface area (Å²) in [6.45, 7) is 1.94. The van der Waals surface area contributed by atoms with Gasteiger partial charge in [-0.3, -0.25) is 0 Å². The molecule has 0 bridgehead atoms. The average Bonchev–Trinajstić information content (AvgIpc) is 3.13. The lowest BCUT2D eigenvalue weighted by Crippen LogP contribution is -2.07. The van der Waals surface area contributed by atoms with E-state index in [1.807, 2.05) is 37.3 Å². The van der Waals surface area contributed by atoms with Crippen LogP contribution in [0.2, 0.25) is 0 Å². The molecule has 2 heterocycles. The van der Waals surface area contributed by atoms with Crippen molar-refractivity contribution in [1.82, 2.24) is 15.2 Å². The fourth-order valence-corrected chi connectivity index (χ4v) is 2.16. The predicted octanol–water partition coefficient (Wildman–Crippen LogP) is 3.32. The lowest BCUT2D eigenvalue weighted by Gasteiger charge is -2.11. The molecule has 0 aliphatic carbocycles. The lowest BCUT2D eigenvalue weighted by molar-refractivity contribution is 0.398. The third-order valence-corrected chi connectivity index (χ3v) is 3.48. The molecule has 2 aromatic heterocycles. The summed E-state index contributed by atoms with van der Waals surface area (Å²) in [6.07, 6.45) is 1.69. The van der Waals surface area contributed by atoms with Crippen molar-refractivity contribution in [2.75, 3.05) is 19.5 Å². The zero-order valence-corrected chi connectivity index (χ0v) is 13.7. The molecule has 1 atom stereocenters. The van der Waals surface area contributed by atoms with E-state index in [4.69, 9.17) is 13.9 Å². The maximum atomic E-state index is 5.75. The van der Waals surface area contributed by atoms with E-state index in [-0.39, 0.29) is 6.04 Å². The van der Waals surface area contributed by atoms with Crippen LogP contribution in [0.25, 0.3) is 11.5 Å². The van der Waals surface area contributed by atoms with Crippen LogP contribution in [0.15, 0.2) is 47.0 Å². The van der Waals surface area contributed by atoms with Gasteiger partial charge in [-0.15, -0.1) is 10.2 Å². The zero-order valence-electron chi connectivity index (χ0n) is 13.7. The van der Waals surface area contributed by atoms with Crippen molar-refractivity contribution in [2.45, 2.75) is 13.0 Å². The van der Waals surface area contributed by atoms with Crippen LogP contribution in [-0.4, -0.2) is 29.4 Å². The van der Waals surface area contributed by atoms with Gasteiger partial charge in [0.1, 0.15) is 11.8 Å². The second-order valence-electron chi connectivity index (χ2n) is 5.13. The van der Waals surface area contributed by atoms with Gasteiger partial charge in [-0.2, -0.15) is 0 Å². The van der Waals surface area contributed by atoms with Gasteiger partial charge in [-0.25, -0.2) is 4.98 Å². The van der Waals surface area contributed by atoms with Gasteiger partial charge in [0, 0.05) is 11.6 Å². The largest absolute Gasteiger partial charge is 0.497 e. The van der Waals surface area contributed by atoms with E-state index in [2.05, 4.69) is 20.5 Å². The third-order valence-electron chi connectivity index (χ3n) is 3.48. The number of pyridine rings is 1. The number of hydrogen-bond donors (Lipinski definition) is 1. The quantitative estimate of drug-likeness (QED) is 0.744. The fraction of sp³-hybridized carbons (Fsp3) is 0.235. The van der Waals surface area contributed by atoms with E-state index in [1.165, 1.54) is 0 Å². The Morgan fingerprint density at radius 2 is 1.79 bits per heavy atom. The summed E-state index contributed by atoms with van der Waals surface area (Å²) < 4.78 is 15.9. The molecule has 3 aromatic rings. The molecule has 7 heteroatoms. The van der Waals surface area contributed by atoms with Crippen LogP contribution in [-0.2, 0) is 0 Å². The Balaban J connectivity index is 1.71. The Bertz CT molecular complexity index is 784. The van der Waals surface area contributed by atoms with Crippen LogP contribution in [0.1, 0.15) is 18.9 Å². The van der Waals surface area contributed by atoms with Crippen molar-refractivity contribution in [1.29, 1.82) is 0 Å². The van der Waals surface area contributed by atoms with Gasteiger partial charge in [0.05, 0.1) is 26.1 Å². The first-order chi connectivity index (χ1) is 11.7. The Hall–Kier alpha value is -3.09. The van der Waals surface area contributed by atoms with Gasteiger partial charge >= 0.3 is 0 Å². The number of methoxy groups -OCH3 is 2. The number of rotatable bonds is 6. The molecule has 24 heavy (non-hydrogen) atoms. The first-order valence-electron chi connectivity index (χ1n) is 7.44. The van der Waals surface area contributed by atoms with Gasteiger partial charge in [0.25, 0.3) is 0 Å². The first-order valence-corrected chi connectivity index (χ1v) is 7.44. The summed E-state index contributed by atoms with van der Waals surface area (Å²) in [5.41, 5.74) is 1.68. The van der Waals surface area contributed by atoms with Crippen molar-refractivity contribution >= 4 is 5.69 Å². The Morgan fingerprint density at radius 3 is 2.42 bits per heavy atom. The van der Waals surface area contributed by atoms with E-state index in [1.54, 1.807) is 26.5 Å². The number of nitrogens with zero attached hydrogens (tertiary/aromatic N) is 3.